The molecule has 15 heteroatoms. The zero-order valence-corrected chi connectivity index (χ0v) is 30.7. The van der Waals surface area contributed by atoms with Crippen LogP contribution in [0, 0.1) is 11.6 Å². The molecule has 1 unspecified atom stereocenters. The second-order valence-corrected chi connectivity index (χ2v) is 15.0. The first kappa shape index (κ1) is 35.6. The Kier molecular flexibility index (Phi) is 9.03. The number of nitrogens with zero attached hydrogens (tertiary/aromatic N) is 8. The molecular weight excluding hydrogens is 721 g/mol. The van der Waals surface area contributed by atoms with E-state index in [1.165, 1.54) is 12.1 Å². The van der Waals surface area contributed by atoms with Gasteiger partial charge in [0.05, 0.1) is 29.1 Å². The fourth-order valence-electron chi connectivity index (χ4n) is 8.62. The summed E-state index contributed by atoms with van der Waals surface area (Å²) in [6, 6.07) is 18.1. The largest absolute Gasteiger partial charge is 0.356 e. The number of halogens is 2. The maximum absolute atomic E-state index is 15.4. The van der Waals surface area contributed by atoms with Gasteiger partial charge in [-0.1, -0.05) is 18.2 Å². The average molecular weight is 760 g/mol. The van der Waals surface area contributed by atoms with Crippen LogP contribution in [0.5, 0.6) is 0 Å². The minimum Gasteiger partial charge on any atom is -0.356 e. The van der Waals surface area contributed by atoms with Crippen molar-refractivity contribution in [2.75, 3.05) is 36.5 Å². The standard InChI is InChI=1S/C41H39F2N9O4/c1-48(23-25-20-28-29(21-30(25)43)41(56)51(40(28)55)33-10-13-38(53)46-39(33)54)27-14-17-49(18-15-27)36-9-3-7-31(45-36)34-22-44-35-11-12-37(47-52(34)35)50-16-4-8-32(50)24-5-2-6-26(42)19-24/h2-3,5-7,9,11-12,19-22,27,32-33H,4,8,10,13-18,23H2,1H3,(H,46,53,54)/t32-,33?/m1/s1. The van der Waals surface area contributed by atoms with Crippen LogP contribution in [0.25, 0.3) is 17.0 Å². The Balaban J connectivity index is 0.868. The van der Waals surface area contributed by atoms with Crippen molar-refractivity contribution in [3.8, 4) is 11.4 Å². The van der Waals surface area contributed by atoms with Gasteiger partial charge >= 0.3 is 0 Å². The maximum Gasteiger partial charge on any atom is 0.262 e. The first-order chi connectivity index (χ1) is 27.1. The number of amides is 4. The predicted octanol–water partition coefficient (Wildman–Crippen LogP) is 4.91. The number of benzene rings is 2. The van der Waals surface area contributed by atoms with Crippen LogP contribution in [0.15, 0.2) is 72.9 Å². The number of pyridine rings is 1. The van der Waals surface area contributed by atoms with Gasteiger partial charge < -0.3 is 9.80 Å². The highest BCUT2D eigenvalue weighted by atomic mass is 19.1. The Hall–Kier alpha value is -6.09. The van der Waals surface area contributed by atoms with Gasteiger partial charge in [0.1, 0.15) is 35.0 Å². The Bertz CT molecular complexity index is 2410. The molecule has 5 aromatic rings. The molecule has 3 saturated heterocycles. The molecule has 0 saturated carbocycles. The van der Waals surface area contributed by atoms with Crippen molar-refractivity contribution in [3.63, 3.8) is 0 Å². The minimum atomic E-state index is -1.11. The molecule has 2 atom stereocenters. The summed E-state index contributed by atoms with van der Waals surface area (Å²) in [5, 5.41) is 7.17. The number of imide groups is 2. The SMILES string of the molecule is CN(Cc1cc2c(cc1F)C(=O)N(C1CCC(=O)NC1=O)C2=O)C1CCN(c2cccc(-c3cnc4ccc(N5CCC[C@@H]5c5cccc(F)c5)nn34)n2)CC1. The van der Waals surface area contributed by atoms with E-state index in [9.17, 15) is 23.6 Å². The van der Waals surface area contributed by atoms with Gasteiger partial charge in [0.15, 0.2) is 5.65 Å². The lowest BCUT2D eigenvalue weighted by Gasteiger charge is -2.37. The number of nitrogens with one attached hydrogen (secondary N) is 1. The highest BCUT2D eigenvalue weighted by Gasteiger charge is 2.45. The van der Waals surface area contributed by atoms with Gasteiger partial charge in [0, 0.05) is 44.2 Å². The van der Waals surface area contributed by atoms with E-state index in [2.05, 4.69) is 25.0 Å². The number of imidazole rings is 1. The molecule has 2 aromatic carbocycles. The van der Waals surface area contributed by atoms with E-state index < -0.39 is 35.5 Å². The normalized spacial score (nSPS) is 20.5. The van der Waals surface area contributed by atoms with Crippen LogP contribution in [0.3, 0.4) is 0 Å². The summed E-state index contributed by atoms with van der Waals surface area (Å²) in [6.45, 7) is 2.48. The van der Waals surface area contributed by atoms with Crippen LogP contribution in [-0.2, 0) is 16.1 Å². The second-order valence-electron chi connectivity index (χ2n) is 15.0. The van der Waals surface area contributed by atoms with Crippen molar-refractivity contribution >= 4 is 40.9 Å². The molecule has 1 N–H and O–H groups in total. The molecule has 56 heavy (non-hydrogen) atoms. The number of anilines is 2. The molecule has 3 aromatic heterocycles. The molecule has 9 rings (SSSR count). The van der Waals surface area contributed by atoms with Gasteiger partial charge in [-0.05, 0) is 93.2 Å². The highest BCUT2D eigenvalue weighted by molar-refractivity contribution is 6.23. The minimum absolute atomic E-state index is 0.00930. The number of carbonyl (C=O) groups is 4. The van der Waals surface area contributed by atoms with Crippen LogP contribution in [0.2, 0.25) is 0 Å². The van der Waals surface area contributed by atoms with E-state index in [1.54, 1.807) is 18.3 Å². The smallest absolute Gasteiger partial charge is 0.262 e. The summed E-state index contributed by atoms with van der Waals surface area (Å²) >= 11 is 0. The zero-order chi connectivity index (χ0) is 38.7. The summed E-state index contributed by atoms with van der Waals surface area (Å²) in [4.78, 5) is 67.5. The second kappa shape index (κ2) is 14.2. The predicted molar refractivity (Wildman–Crippen MR) is 202 cm³/mol. The van der Waals surface area contributed by atoms with Crippen LogP contribution in [0.1, 0.15) is 76.4 Å². The van der Waals surface area contributed by atoms with E-state index in [4.69, 9.17) is 10.1 Å². The van der Waals surface area contributed by atoms with Crippen molar-refractivity contribution in [2.45, 2.75) is 63.2 Å². The Morgan fingerprint density at radius 3 is 2.41 bits per heavy atom. The maximum atomic E-state index is 15.4. The molecule has 0 aliphatic carbocycles. The summed E-state index contributed by atoms with van der Waals surface area (Å²) in [5.74, 6) is -1.78. The van der Waals surface area contributed by atoms with Crippen molar-refractivity contribution in [3.05, 3.63) is 107 Å². The average Bonchev–Trinajstić information content (AvgIpc) is 3.92. The molecule has 3 fully saturated rings. The van der Waals surface area contributed by atoms with E-state index in [0.29, 0.717) is 5.65 Å². The van der Waals surface area contributed by atoms with Crippen LogP contribution < -0.4 is 15.1 Å². The van der Waals surface area contributed by atoms with Gasteiger partial charge in [-0.25, -0.2) is 23.3 Å². The molecule has 7 heterocycles. The van der Waals surface area contributed by atoms with Gasteiger partial charge in [-0.2, -0.15) is 0 Å². The molecule has 0 bridgehead atoms. The fourth-order valence-corrected chi connectivity index (χ4v) is 8.62. The number of carbonyl (C=O) groups excluding carboxylic acids is 4. The molecular formula is C41H39F2N9O4. The number of hydrogen-bond acceptors (Lipinski definition) is 10. The third-order valence-electron chi connectivity index (χ3n) is 11.6. The highest BCUT2D eigenvalue weighted by Crippen LogP contribution is 2.36. The summed E-state index contributed by atoms with van der Waals surface area (Å²) in [5.41, 5.74) is 3.40. The summed E-state index contributed by atoms with van der Waals surface area (Å²) in [7, 11) is 1.92. The monoisotopic (exact) mass is 759 g/mol. The van der Waals surface area contributed by atoms with E-state index in [-0.39, 0.29) is 54.0 Å². The number of rotatable bonds is 8. The summed E-state index contributed by atoms with van der Waals surface area (Å²) in [6.07, 6.45) is 5.30. The van der Waals surface area contributed by atoms with Gasteiger partial charge in [0.2, 0.25) is 11.8 Å². The molecule has 13 nitrogen and oxygen atoms in total. The van der Waals surface area contributed by atoms with Gasteiger partial charge in [0.25, 0.3) is 11.8 Å². The topological polar surface area (TPSA) is 136 Å². The number of fused-ring (bicyclic) bond motifs is 2. The molecule has 0 radical (unpaired) electrons. The molecule has 4 amide bonds. The quantitative estimate of drug-likeness (QED) is 0.218. The lowest BCUT2D eigenvalue weighted by Crippen LogP contribution is -2.54. The summed E-state index contributed by atoms with van der Waals surface area (Å²) < 4.78 is 31.3. The first-order valence-electron chi connectivity index (χ1n) is 19.0. The third kappa shape index (κ3) is 6.34. The molecule has 0 spiro atoms. The van der Waals surface area contributed by atoms with Gasteiger partial charge in [-0.3, -0.25) is 34.3 Å². The van der Waals surface area contributed by atoms with Crippen LogP contribution in [0.4, 0.5) is 20.4 Å². The van der Waals surface area contributed by atoms with Crippen molar-refractivity contribution in [2.24, 2.45) is 0 Å². The Morgan fingerprint density at radius 1 is 0.839 bits per heavy atom. The van der Waals surface area contributed by atoms with E-state index >= 15 is 4.39 Å². The number of piperidine rings is 2. The van der Waals surface area contributed by atoms with Crippen LogP contribution >= 0.6 is 0 Å². The third-order valence-corrected chi connectivity index (χ3v) is 11.6. The number of aromatic nitrogens is 4. The van der Waals surface area contributed by atoms with E-state index in [0.717, 1.165) is 84.9 Å². The van der Waals surface area contributed by atoms with Crippen LogP contribution in [-0.4, -0.2) is 91.8 Å². The molecule has 286 valence electrons. The zero-order valence-electron chi connectivity index (χ0n) is 30.7. The lowest BCUT2D eigenvalue weighted by atomic mass is 10.0. The van der Waals surface area contributed by atoms with E-state index in [1.807, 2.05) is 48.0 Å². The first-order valence-corrected chi connectivity index (χ1v) is 19.0. The van der Waals surface area contributed by atoms with Gasteiger partial charge in [-0.15, -0.1) is 5.10 Å². The lowest BCUT2D eigenvalue weighted by molar-refractivity contribution is -0.136. The Morgan fingerprint density at radius 2 is 1.62 bits per heavy atom. The van der Waals surface area contributed by atoms with Crippen molar-refractivity contribution < 1.29 is 28.0 Å². The Labute approximate surface area is 320 Å². The molecule has 4 aliphatic rings. The number of hydrogen-bond donors (Lipinski definition) is 1. The van der Waals surface area contributed by atoms with Crippen molar-refractivity contribution in [1.29, 1.82) is 0 Å². The van der Waals surface area contributed by atoms with Crippen molar-refractivity contribution in [1.82, 2.24) is 34.7 Å². The fraction of sp³-hybridized carbons (Fsp3) is 0.341. The molecule has 4 aliphatic heterocycles.